The summed E-state index contributed by atoms with van der Waals surface area (Å²) in [5.41, 5.74) is -1.20. The Morgan fingerprint density at radius 1 is 1.21 bits per heavy atom. The number of piperidine rings is 1. The van der Waals surface area contributed by atoms with Crippen LogP contribution in [-0.2, 0) is 19.4 Å². The fourth-order valence-corrected chi connectivity index (χ4v) is 5.25. The van der Waals surface area contributed by atoms with Crippen LogP contribution >= 0.6 is 0 Å². The number of hydrogen-bond donors (Lipinski definition) is 1. The maximum absolute atomic E-state index is 12.4. The van der Waals surface area contributed by atoms with Crippen LogP contribution < -0.4 is 5.32 Å². The van der Waals surface area contributed by atoms with E-state index in [4.69, 9.17) is 4.74 Å². The first-order valence-corrected chi connectivity index (χ1v) is 10.2. The molecule has 0 bridgehead atoms. The van der Waals surface area contributed by atoms with Crippen molar-refractivity contribution in [2.75, 3.05) is 24.6 Å². The highest BCUT2D eigenvalue weighted by Gasteiger charge is 2.41. The van der Waals surface area contributed by atoms with Crippen LogP contribution in [0.5, 0.6) is 0 Å². The SMILES string of the molecule is CC(C)(C)OC(=O)N1CCC(C(=O)N[C@]2(C)CCS(=O)(=O)C2)CC1. The molecule has 1 N–H and O–H groups in total. The van der Waals surface area contributed by atoms with Crippen molar-refractivity contribution in [3.05, 3.63) is 0 Å². The fraction of sp³-hybridized carbons (Fsp3) is 0.875. The Morgan fingerprint density at radius 3 is 2.25 bits per heavy atom. The summed E-state index contributed by atoms with van der Waals surface area (Å²) in [6.07, 6.45) is 1.23. The first-order valence-electron chi connectivity index (χ1n) is 8.40. The van der Waals surface area contributed by atoms with Gasteiger partial charge in [-0.2, -0.15) is 0 Å². The van der Waals surface area contributed by atoms with E-state index in [2.05, 4.69) is 5.32 Å². The maximum atomic E-state index is 12.4. The molecule has 0 unspecified atom stereocenters. The molecule has 0 radical (unpaired) electrons. The van der Waals surface area contributed by atoms with Crippen LogP contribution in [0.2, 0.25) is 0 Å². The van der Waals surface area contributed by atoms with E-state index in [0.717, 1.165) is 0 Å². The molecule has 0 saturated carbocycles. The zero-order valence-corrected chi connectivity index (χ0v) is 15.7. The van der Waals surface area contributed by atoms with Crippen molar-refractivity contribution in [3.63, 3.8) is 0 Å². The average molecular weight is 360 g/mol. The minimum absolute atomic E-state index is 0.00247. The standard InChI is InChI=1S/C16H28N2O5S/c1-15(2,3)23-14(20)18-8-5-12(6-9-18)13(19)17-16(4)7-10-24(21,22)11-16/h12H,5-11H2,1-4H3,(H,17,19)/t16-/m1/s1. The van der Waals surface area contributed by atoms with Gasteiger partial charge in [0.15, 0.2) is 9.84 Å². The van der Waals surface area contributed by atoms with Crippen molar-refractivity contribution in [1.29, 1.82) is 0 Å². The molecule has 0 aromatic rings. The van der Waals surface area contributed by atoms with Crippen molar-refractivity contribution in [1.82, 2.24) is 10.2 Å². The molecular formula is C16H28N2O5S. The van der Waals surface area contributed by atoms with Gasteiger partial charge in [-0.15, -0.1) is 0 Å². The zero-order chi connectivity index (χ0) is 18.2. The van der Waals surface area contributed by atoms with Gasteiger partial charge in [-0.25, -0.2) is 13.2 Å². The van der Waals surface area contributed by atoms with E-state index < -0.39 is 21.0 Å². The summed E-state index contributed by atoms with van der Waals surface area (Å²) >= 11 is 0. The summed E-state index contributed by atoms with van der Waals surface area (Å²) in [5, 5.41) is 2.91. The third-order valence-corrected chi connectivity index (χ3v) is 6.35. The largest absolute Gasteiger partial charge is 0.444 e. The molecule has 0 spiro atoms. The van der Waals surface area contributed by atoms with Crippen molar-refractivity contribution in [2.45, 2.75) is 58.1 Å². The number of rotatable bonds is 2. The lowest BCUT2D eigenvalue weighted by Crippen LogP contribution is -2.51. The molecule has 0 aliphatic carbocycles. The molecule has 2 aliphatic heterocycles. The number of nitrogens with one attached hydrogen (secondary N) is 1. The molecule has 2 saturated heterocycles. The van der Waals surface area contributed by atoms with Crippen molar-refractivity contribution < 1.29 is 22.7 Å². The molecule has 2 aliphatic rings. The highest BCUT2D eigenvalue weighted by Crippen LogP contribution is 2.25. The molecule has 0 aromatic carbocycles. The van der Waals surface area contributed by atoms with Gasteiger partial charge in [0.25, 0.3) is 0 Å². The number of amides is 2. The summed E-state index contributed by atoms with van der Waals surface area (Å²) in [7, 11) is -3.05. The van der Waals surface area contributed by atoms with Gasteiger partial charge in [-0.1, -0.05) is 0 Å². The number of ether oxygens (including phenoxy) is 1. The summed E-state index contributed by atoms with van der Waals surface area (Å²) in [6.45, 7) is 8.19. The Kier molecular flexibility index (Phi) is 5.18. The molecule has 24 heavy (non-hydrogen) atoms. The minimum Gasteiger partial charge on any atom is -0.444 e. The number of carbonyl (C=O) groups is 2. The van der Waals surface area contributed by atoms with Gasteiger partial charge >= 0.3 is 6.09 Å². The van der Waals surface area contributed by atoms with Crippen LogP contribution in [0.3, 0.4) is 0 Å². The first-order chi connectivity index (χ1) is 10.9. The van der Waals surface area contributed by atoms with Crippen molar-refractivity contribution >= 4 is 21.8 Å². The average Bonchev–Trinajstić information content (AvgIpc) is 2.70. The predicted molar refractivity (Wildman–Crippen MR) is 90.3 cm³/mol. The van der Waals surface area contributed by atoms with Gasteiger partial charge < -0.3 is 15.0 Å². The third kappa shape index (κ3) is 5.09. The minimum atomic E-state index is -3.05. The quantitative estimate of drug-likeness (QED) is 0.802. The van der Waals surface area contributed by atoms with Gasteiger partial charge in [0.2, 0.25) is 5.91 Å². The summed E-state index contributed by atoms with van der Waals surface area (Å²) in [4.78, 5) is 26.1. The van der Waals surface area contributed by atoms with E-state index in [1.54, 1.807) is 11.8 Å². The van der Waals surface area contributed by atoms with Crippen LogP contribution in [0.25, 0.3) is 0 Å². The lowest BCUT2D eigenvalue weighted by atomic mass is 9.93. The van der Waals surface area contributed by atoms with Gasteiger partial charge in [-0.3, -0.25) is 4.79 Å². The molecule has 2 rings (SSSR count). The van der Waals surface area contributed by atoms with E-state index >= 15 is 0 Å². The Hall–Kier alpha value is -1.31. The zero-order valence-electron chi connectivity index (χ0n) is 14.9. The van der Waals surface area contributed by atoms with E-state index in [0.29, 0.717) is 32.4 Å². The molecule has 8 heteroatoms. The van der Waals surface area contributed by atoms with Crippen LogP contribution in [0.1, 0.15) is 47.0 Å². The summed E-state index contributed by atoms with van der Waals surface area (Å²) in [5.74, 6) is -0.175. The normalized spacial score (nSPS) is 27.8. The number of likely N-dealkylation sites (tertiary alicyclic amines) is 1. The Labute approximate surface area is 144 Å². The highest BCUT2D eigenvalue weighted by atomic mass is 32.2. The molecule has 2 fully saturated rings. The lowest BCUT2D eigenvalue weighted by Gasteiger charge is -2.34. The third-order valence-electron chi connectivity index (χ3n) is 4.45. The van der Waals surface area contributed by atoms with Gasteiger partial charge in [0.05, 0.1) is 17.0 Å². The summed E-state index contributed by atoms with van der Waals surface area (Å²) in [6, 6.07) is 0. The number of sulfone groups is 1. The molecule has 138 valence electrons. The Morgan fingerprint density at radius 2 is 1.79 bits per heavy atom. The van der Waals surface area contributed by atoms with E-state index in [1.165, 1.54) is 0 Å². The number of hydrogen-bond acceptors (Lipinski definition) is 5. The second-order valence-electron chi connectivity index (χ2n) is 8.13. The molecule has 7 nitrogen and oxygen atoms in total. The van der Waals surface area contributed by atoms with Crippen LogP contribution in [-0.4, -0.2) is 61.1 Å². The van der Waals surface area contributed by atoms with Gasteiger partial charge in [-0.05, 0) is 47.0 Å². The highest BCUT2D eigenvalue weighted by molar-refractivity contribution is 7.91. The number of carbonyl (C=O) groups excluding carboxylic acids is 2. The Balaban J connectivity index is 1.84. The van der Waals surface area contributed by atoms with E-state index in [-0.39, 0.29) is 29.4 Å². The maximum Gasteiger partial charge on any atom is 0.410 e. The Bertz CT molecular complexity index is 602. The monoisotopic (exact) mass is 360 g/mol. The van der Waals surface area contributed by atoms with Crippen LogP contribution in [0.4, 0.5) is 4.79 Å². The predicted octanol–water partition coefficient (Wildman–Crippen LogP) is 1.33. The molecule has 0 aromatic heterocycles. The first kappa shape index (κ1) is 19.0. The van der Waals surface area contributed by atoms with E-state index in [9.17, 15) is 18.0 Å². The number of nitrogens with zero attached hydrogens (tertiary/aromatic N) is 1. The van der Waals surface area contributed by atoms with E-state index in [1.807, 2.05) is 20.8 Å². The van der Waals surface area contributed by atoms with Crippen molar-refractivity contribution in [3.8, 4) is 0 Å². The van der Waals surface area contributed by atoms with Crippen molar-refractivity contribution in [2.24, 2.45) is 5.92 Å². The second kappa shape index (κ2) is 6.54. The van der Waals surface area contributed by atoms with Gasteiger partial charge in [0, 0.05) is 19.0 Å². The molecule has 2 heterocycles. The van der Waals surface area contributed by atoms with Crippen LogP contribution in [0.15, 0.2) is 0 Å². The molecular weight excluding hydrogens is 332 g/mol. The van der Waals surface area contributed by atoms with Crippen LogP contribution in [0, 0.1) is 5.92 Å². The summed E-state index contributed by atoms with van der Waals surface area (Å²) < 4.78 is 28.6. The smallest absolute Gasteiger partial charge is 0.410 e. The topological polar surface area (TPSA) is 92.8 Å². The van der Waals surface area contributed by atoms with Gasteiger partial charge in [0.1, 0.15) is 5.60 Å². The second-order valence-corrected chi connectivity index (χ2v) is 10.3. The molecule has 1 atom stereocenters. The fourth-order valence-electron chi connectivity index (χ4n) is 3.16. The lowest BCUT2D eigenvalue weighted by molar-refractivity contribution is -0.128. The molecule has 2 amide bonds.